The molecule has 0 aromatic heterocycles. The average Bonchev–Trinajstić information content (AvgIpc) is 3.34. The Morgan fingerprint density at radius 3 is 1.32 bits per heavy atom. The van der Waals surface area contributed by atoms with Crippen LogP contribution in [0.15, 0.2) is 72.8 Å². The SMILES string of the molecule is CCCCC[c-]1ccc2ccccc21.CCCCC[c-]1ccc2ccccc21.[Cl-].[Cl-].[Zr+4]. The molecule has 164 valence electrons. The van der Waals surface area contributed by atoms with Crippen LogP contribution in [0.1, 0.15) is 63.5 Å². The molecule has 0 nitrogen and oxygen atoms in total. The Kier molecular flexibility index (Phi) is 16.2. The summed E-state index contributed by atoms with van der Waals surface area (Å²) in [5.74, 6) is 0. The van der Waals surface area contributed by atoms with Gasteiger partial charge >= 0.3 is 26.2 Å². The van der Waals surface area contributed by atoms with E-state index in [2.05, 4.69) is 86.6 Å². The van der Waals surface area contributed by atoms with Crippen molar-refractivity contribution in [1.82, 2.24) is 0 Å². The molecule has 31 heavy (non-hydrogen) atoms. The molecule has 0 atom stereocenters. The van der Waals surface area contributed by atoms with Crippen LogP contribution >= 0.6 is 0 Å². The molecule has 0 saturated heterocycles. The second-order valence-electron chi connectivity index (χ2n) is 7.81. The van der Waals surface area contributed by atoms with Gasteiger partial charge in [-0.05, 0) is 0 Å². The number of hydrogen-bond donors (Lipinski definition) is 0. The number of fused-ring (bicyclic) bond motifs is 2. The third-order valence-electron chi connectivity index (χ3n) is 5.64. The zero-order valence-corrected chi connectivity index (χ0v) is 22.8. The van der Waals surface area contributed by atoms with E-state index in [4.69, 9.17) is 0 Å². The van der Waals surface area contributed by atoms with Gasteiger partial charge in [0, 0.05) is 0 Å². The van der Waals surface area contributed by atoms with Crippen LogP contribution in [0.4, 0.5) is 0 Å². The van der Waals surface area contributed by atoms with Crippen molar-refractivity contribution in [3.63, 3.8) is 0 Å². The molecule has 0 N–H and O–H groups in total. The fourth-order valence-corrected chi connectivity index (χ4v) is 4.00. The average molecular weight is 533 g/mol. The minimum Gasteiger partial charge on any atom is -1.00 e. The standard InChI is InChI=1S/2C14H17.2ClH.Zr/c2*1-2-3-4-7-12-10-11-13-8-5-6-9-14(12)13;;;/h2*5-6,8-11H,2-4,7H2,1H3;2*1H;/q2*-1;;;+4/p-2. The number of unbranched alkanes of at least 4 members (excludes halogenated alkanes) is 4. The molecule has 0 aliphatic heterocycles. The third kappa shape index (κ3) is 8.88. The van der Waals surface area contributed by atoms with Gasteiger partial charge < -0.3 is 24.8 Å². The van der Waals surface area contributed by atoms with Crippen LogP contribution in [0.5, 0.6) is 0 Å². The number of rotatable bonds is 8. The van der Waals surface area contributed by atoms with Crippen molar-refractivity contribution in [2.24, 2.45) is 0 Å². The first-order valence-electron chi connectivity index (χ1n) is 11.1. The molecule has 4 rings (SSSR count). The van der Waals surface area contributed by atoms with Gasteiger partial charge in [0.1, 0.15) is 0 Å². The Bertz CT molecular complexity index is 887. The second-order valence-corrected chi connectivity index (χ2v) is 7.81. The smallest absolute Gasteiger partial charge is 1.00 e. The molecule has 0 bridgehead atoms. The summed E-state index contributed by atoms with van der Waals surface area (Å²) in [6.07, 6.45) is 10.4. The van der Waals surface area contributed by atoms with Gasteiger partial charge in [0.2, 0.25) is 0 Å². The first kappa shape index (κ1) is 30.1. The fraction of sp³-hybridized carbons (Fsp3) is 0.357. The summed E-state index contributed by atoms with van der Waals surface area (Å²) < 4.78 is 0. The Morgan fingerprint density at radius 1 is 0.548 bits per heavy atom. The summed E-state index contributed by atoms with van der Waals surface area (Å²) in [6, 6.07) is 26.4. The van der Waals surface area contributed by atoms with Gasteiger partial charge in [0.15, 0.2) is 0 Å². The number of aryl methyl sites for hydroxylation is 2. The van der Waals surface area contributed by atoms with Gasteiger partial charge in [-0.2, -0.15) is 12.1 Å². The summed E-state index contributed by atoms with van der Waals surface area (Å²) >= 11 is 0. The number of benzene rings is 2. The normalized spacial score (nSPS) is 9.87. The second kappa shape index (κ2) is 16.7. The summed E-state index contributed by atoms with van der Waals surface area (Å²) in [5.41, 5.74) is 3.04. The monoisotopic (exact) mass is 530 g/mol. The molecular weight excluding hydrogens is 498 g/mol. The minimum atomic E-state index is 0. The molecule has 3 heteroatoms. The van der Waals surface area contributed by atoms with Crippen LogP contribution in [0.25, 0.3) is 21.5 Å². The van der Waals surface area contributed by atoms with Gasteiger partial charge in [-0.1, -0.05) is 77.3 Å². The van der Waals surface area contributed by atoms with Crippen molar-refractivity contribution in [3.8, 4) is 0 Å². The van der Waals surface area contributed by atoms with E-state index in [0.29, 0.717) is 0 Å². The van der Waals surface area contributed by atoms with Crippen molar-refractivity contribution in [2.75, 3.05) is 0 Å². The first-order chi connectivity index (χ1) is 13.8. The molecule has 0 saturated carbocycles. The van der Waals surface area contributed by atoms with Crippen LogP contribution in [0.2, 0.25) is 0 Å². The van der Waals surface area contributed by atoms with Crippen LogP contribution in [0, 0.1) is 0 Å². The molecule has 0 aliphatic rings. The third-order valence-corrected chi connectivity index (χ3v) is 5.64. The van der Waals surface area contributed by atoms with Crippen molar-refractivity contribution < 1.29 is 51.0 Å². The largest absolute Gasteiger partial charge is 4.00 e. The van der Waals surface area contributed by atoms with Gasteiger partial charge in [0.05, 0.1) is 0 Å². The van der Waals surface area contributed by atoms with E-state index < -0.39 is 0 Å². The van der Waals surface area contributed by atoms with E-state index in [9.17, 15) is 0 Å². The van der Waals surface area contributed by atoms with Gasteiger partial charge in [-0.25, -0.2) is 0 Å². The fourth-order valence-electron chi connectivity index (χ4n) is 4.00. The Labute approximate surface area is 220 Å². The van der Waals surface area contributed by atoms with Crippen molar-refractivity contribution >= 4 is 21.5 Å². The molecule has 0 amide bonds. The maximum Gasteiger partial charge on any atom is 4.00 e. The maximum atomic E-state index is 2.28. The van der Waals surface area contributed by atoms with Crippen LogP contribution in [0.3, 0.4) is 0 Å². The van der Waals surface area contributed by atoms with Crippen LogP contribution in [-0.2, 0) is 39.0 Å². The van der Waals surface area contributed by atoms with Gasteiger partial charge in [-0.15, -0.1) is 81.2 Å². The van der Waals surface area contributed by atoms with E-state index in [1.54, 1.807) is 0 Å². The van der Waals surface area contributed by atoms with Crippen LogP contribution in [-0.4, -0.2) is 0 Å². The van der Waals surface area contributed by atoms with E-state index in [1.807, 2.05) is 0 Å². The van der Waals surface area contributed by atoms with Crippen molar-refractivity contribution in [2.45, 2.75) is 65.2 Å². The van der Waals surface area contributed by atoms with E-state index >= 15 is 0 Å². The Hall–Kier alpha value is -0.877. The molecule has 4 aromatic rings. The topological polar surface area (TPSA) is 0 Å². The van der Waals surface area contributed by atoms with Crippen molar-refractivity contribution in [1.29, 1.82) is 0 Å². The summed E-state index contributed by atoms with van der Waals surface area (Å²) in [7, 11) is 0. The quantitative estimate of drug-likeness (QED) is 0.242. The summed E-state index contributed by atoms with van der Waals surface area (Å²) in [6.45, 7) is 4.51. The zero-order chi connectivity index (χ0) is 19.6. The summed E-state index contributed by atoms with van der Waals surface area (Å²) in [4.78, 5) is 0. The van der Waals surface area contributed by atoms with Gasteiger partial charge in [0.25, 0.3) is 0 Å². The Balaban J connectivity index is 0.000000529. The molecule has 0 fully saturated rings. The number of halogens is 2. The number of hydrogen-bond acceptors (Lipinski definition) is 0. The molecule has 0 aliphatic carbocycles. The minimum absolute atomic E-state index is 0. The molecule has 4 aromatic carbocycles. The van der Waals surface area contributed by atoms with E-state index in [0.717, 1.165) is 0 Å². The Morgan fingerprint density at radius 2 is 0.935 bits per heavy atom. The molecule has 0 radical (unpaired) electrons. The van der Waals surface area contributed by atoms with E-state index in [-0.39, 0.29) is 51.0 Å². The maximum absolute atomic E-state index is 2.28. The van der Waals surface area contributed by atoms with E-state index in [1.165, 1.54) is 84.0 Å². The molecule has 0 heterocycles. The first-order valence-corrected chi connectivity index (χ1v) is 11.1. The summed E-state index contributed by atoms with van der Waals surface area (Å²) in [5, 5.41) is 5.67. The molecular formula is C28H34Cl2Zr. The van der Waals surface area contributed by atoms with Crippen LogP contribution < -0.4 is 24.8 Å². The van der Waals surface area contributed by atoms with Crippen molar-refractivity contribution in [3.05, 3.63) is 83.9 Å². The predicted molar refractivity (Wildman–Crippen MR) is 126 cm³/mol. The van der Waals surface area contributed by atoms with Gasteiger partial charge in [-0.3, -0.25) is 0 Å². The molecule has 0 spiro atoms. The molecule has 0 unspecified atom stereocenters. The predicted octanol–water partition coefficient (Wildman–Crippen LogP) is 2.59. The zero-order valence-electron chi connectivity index (χ0n) is 18.8.